The average molecular weight is 265 g/mol. The number of nitrogens with zero attached hydrogens (tertiary/aromatic N) is 5. The molecule has 20 heavy (non-hydrogen) atoms. The molecule has 0 fully saturated rings. The highest BCUT2D eigenvalue weighted by atomic mass is 16.1. The molecule has 0 spiro atoms. The van der Waals surface area contributed by atoms with Gasteiger partial charge in [0.1, 0.15) is 0 Å². The van der Waals surface area contributed by atoms with Crippen molar-refractivity contribution in [3.63, 3.8) is 0 Å². The first kappa shape index (κ1) is 11.2. The number of carbonyl (C=O) groups excluding carboxylic acids is 1. The number of Topliss-reactive ketones (excluding diaryl/α,β-unsaturated/α-hetero) is 1. The lowest BCUT2D eigenvalue weighted by molar-refractivity contribution is 0.0970. The van der Waals surface area contributed by atoms with Crippen molar-refractivity contribution in [1.82, 2.24) is 24.6 Å². The quantitative estimate of drug-likeness (QED) is 0.669. The van der Waals surface area contributed by atoms with Gasteiger partial charge in [-0.3, -0.25) is 9.78 Å². The zero-order valence-electron chi connectivity index (χ0n) is 10.7. The van der Waals surface area contributed by atoms with Crippen LogP contribution in [0.15, 0.2) is 30.7 Å². The Hall–Kier alpha value is -2.63. The summed E-state index contributed by atoms with van der Waals surface area (Å²) in [4.78, 5) is 24.6. The fraction of sp³-hybridized carbons (Fsp3) is 0.214. The molecule has 0 saturated heterocycles. The Bertz CT molecular complexity index is 809. The second-order valence-corrected chi connectivity index (χ2v) is 4.78. The molecular formula is C14H11N5O. The lowest BCUT2D eigenvalue weighted by atomic mass is 9.96. The molecule has 0 radical (unpaired) electrons. The molecule has 0 unspecified atom stereocenters. The van der Waals surface area contributed by atoms with Gasteiger partial charge < -0.3 is 0 Å². The molecule has 3 aromatic rings. The summed E-state index contributed by atoms with van der Waals surface area (Å²) >= 11 is 0. The molecule has 0 aromatic carbocycles. The van der Waals surface area contributed by atoms with Gasteiger partial charge >= 0.3 is 0 Å². The van der Waals surface area contributed by atoms with Crippen molar-refractivity contribution < 1.29 is 4.79 Å². The van der Waals surface area contributed by atoms with Gasteiger partial charge in [-0.25, -0.2) is 9.50 Å². The molecule has 1 aliphatic carbocycles. The molecule has 6 nitrogen and oxygen atoms in total. The maximum absolute atomic E-state index is 11.9. The molecule has 98 valence electrons. The van der Waals surface area contributed by atoms with E-state index >= 15 is 0 Å². The third-order valence-electron chi connectivity index (χ3n) is 3.50. The summed E-state index contributed by atoms with van der Waals surface area (Å²) in [6.45, 7) is 0. The highest BCUT2D eigenvalue weighted by Crippen LogP contribution is 2.22. The number of pyridine rings is 1. The summed E-state index contributed by atoms with van der Waals surface area (Å²) in [5.41, 5.74) is 2.43. The van der Waals surface area contributed by atoms with Crippen LogP contribution < -0.4 is 0 Å². The number of fused-ring (bicyclic) bond motifs is 3. The smallest absolute Gasteiger partial charge is 0.252 e. The molecule has 3 heterocycles. The second kappa shape index (κ2) is 4.19. The zero-order chi connectivity index (χ0) is 13.5. The monoisotopic (exact) mass is 265 g/mol. The number of rotatable bonds is 1. The summed E-state index contributed by atoms with van der Waals surface area (Å²) in [6, 6.07) is 3.74. The van der Waals surface area contributed by atoms with E-state index in [1.807, 2.05) is 12.1 Å². The predicted octanol–water partition coefficient (Wildman–Crippen LogP) is 1.71. The topological polar surface area (TPSA) is 73.0 Å². The minimum atomic E-state index is 0.138. The first-order valence-electron chi connectivity index (χ1n) is 6.51. The van der Waals surface area contributed by atoms with E-state index in [2.05, 4.69) is 20.1 Å². The molecule has 0 N–H and O–H groups in total. The second-order valence-electron chi connectivity index (χ2n) is 4.78. The normalized spacial score (nSPS) is 14.5. The highest BCUT2D eigenvalue weighted by Gasteiger charge is 2.22. The van der Waals surface area contributed by atoms with Gasteiger partial charge in [0, 0.05) is 30.6 Å². The van der Waals surface area contributed by atoms with Gasteiger partial charge in [0.15, 0.2) is 11.6 Å². The van der Waals surface area contributed by atoms with E-state index in [1.165, 1.54) is 0 Å². The van der Waals surface area contributed by atoms with Crippen LogP contribution in [0.1, 0.15) is 28.9 Å². The largest absolute Gasteiger partial charge is 0.294 e. The van der Waals surface area contributed by atoms with Crippen LogP contribution in [-0.2, 0) is 6.42 Å². The standard InChI is InChI=1S/C14H11N5O/c20-12-5-1-4-11-10(12)8-16-14-17-13(18-19(11)14)9-3-2-6-15-7-9/h2-3,6-8H,1,4-5H2. The Morgan fingerprint density at radius 2 is 2.15 bits per heavy atom. The molecule has 1 aliphatic rings. The van der Waals surface area contributed by atoms with Crippen molar-refractivity contribution in [3.05, 3.63) is 42.0 Å². The molecule has 4 rings (SSSR count). The molecule has 3 aromatic heterocycles. The molecule has 6 heteroatoms. The summed E-state index contributed by atoms with van der Waals surface area (Å²) in [5.74, 6) is 1.24. The number of ketones is 1. The number of hydrogen-bond acceptors (Lipinski definition) is 5. The van der Waals surface area contributed by atoms with Crippen LogP contribution in [0.4, 0.5) is 0 Å². The van der Waals surface area contributed by atoms with Crippen molar-refractivity contribution in [2.75, 3.05) is 0 Å². The lowest BCUT2D eigenvalue weighted by Gasteiger charge is -2.13. The first-order valence-corrected chi connectivity index (χ1v) is 6.51. The Morgan fingerprint density at radius 1 is 1.20 bits per heavy atom. The number of aryl methyl sites for hydroxylation is 1. The fourth-order valence-electron chi connectivity index (χ4n) is 2.52. The third kappa shape index (κ3) is 1.61. The number of aromatic nitrogens is 5. The maximum atomic E-state index is 11.9. The minimum Gasteiger partial charge on any atom is -0.294 e. The summed E-state index contributed by atoms with van der Waals surface area (Å²) in [6.07, 6.45) is 7.31. The Kier molecular flexibility index (Phi) is 2.35. The van der Waals surface area contributed by atoms with E-state index < -0.39 is 0 Å². The summed E-state index contributed by atoms with van der Waals surface area (Å²) < 4.78 is 1.69. The predicted molar refractivity (Wildman–Crippen MR) is 71.3 cm³/mol. The van der Waals surface area contributed by atoms with Crippen LogP contribution in [-0.4, -0.2) is 30.3 Å². The molecule has 0 amide bonds. The Balaban J connectivity index is 1.94. The van der Waals surface area contributed by atoms with Crippen LogP contribution in [0.3, 0.4) is 0 Å². The Labute approximate surface area is 114 Å². The SMILES string of the molecule is O=C1CCCc2c1cnc1nc(-c3cccnc3)nn21. The summed E-state index contributed by atoms with van der Waals surface area (Å²) in [7, 11) is 0. The van der Waals surface area contributed by atoms with E-state index in [4.69, 9.17) is 0 Å². The van der Waals surface area contributed by atoms with E-state index in [0.29, 0.717) is 23.6 Å². The average Bonchev–Trinajstić information content (AvgIpc) is 2.93. The first-order chi connectivity index (χ1) is 9.83. The highest BCUT2D eigenvalue weighted by molar-refractivity contribution is 5.97. The van der Waals surface area contributed by atoms with Gasteiger partial charge in [-0.2, -0.15) is 4.98 Å². The van der Waals surface area contributed by atoms with Crippen molar-refractivity contribution in [2.45, 2.75) is 19.3 Å². The van der Waals surface area contributed by atoms with Crippen LogP contribution in [0.25, 0.3) is 17.2 Å². The Morgan fingerprint density at radius 3 is 3.00 bits per heavy atom. The van der Waals surface area contributed by atoms with Gasteiger partial charge in [-0.15, -0.1) is 5.10 Å². The van der Waals surface area contributed by atoms with Crippen molar-refractivity contribution in [1.29, 1.82) is 0 Å². The van der Waals surface area contributed by atoms with Crippen LogP contribution in [0, 0.1) is 0 Å². The van der Waals surface area contributed by atoms with Crippen LogP contribution in [0.5, 0.6) is 0 Å². The van der Waals surface area contributed by atoms with Gasteiger partial charge in [0.05, 0.1) is 11.3 Å². The fourth-order valence-corrected chi connectivity index (χ4v) is 2.52. The van der Waals surface area contributed by atoms with E-state index in [0.717, 1.165) is 24.1 Å². The van der Waals surface area contributed by atoms with Crippen molar-refractivity contribution in [2.24, 2.45) is 0 Å². The van der Waals surface area contributed by atoms with E-state index in [9.17, 15) is 4.79 Å². The van der Waals surface area contributed by atoms with Gasteiger partial charge in [0.25, 0.3) is 5.78 Å². The molecule has 0 saturated carbocycles. The third-order valence-corrected chi connectivity index (χ3v) is 3.50. The van der Waals surface area contributed by atoms with Crippen molar-refractivity contribution >= 4 is 11.6 Å². The molecular weight excluding hydrogens is 254 g/mol. The van der Waals surface area contributed by atoms with Crippen LogP contribution >= 0.6 is 0 Å². The molecule has 0 aliphatic heterocycles. The molecule has 0 atom stereocenters. The van der Waals surface area contributed by atoms with Crippen LogP contribution in [0.2, 0.25) is 0 Å². The number of carbonyl (C=O) groups is 1. The maximum Gasteiger partial charge on any atom is 0.252 e. The van der Waals surface area contributed by atoms with Gasteiger partial charge in [-0.1, -0.05) is 0 Å². The van der Waals surface area contributed by atoms with E-state index in [-0.39, 0.29) is 5.78 Å². The van der Waals surface area contributed by atoms with Crippen molar-refractivity contribution in [3.8, 4) is 11.4 Å². The van der Waals surface area contributed by atoms with Gasteiger partial charge in [0.2, 0.25) is 0 Å². The number of hydrogen-bond donors (Lipinski definition) is 0. The van der Waals surface area contributed by atoms with Gasteiger partial charge in [-0.05, 0) is 25.0 Å². The molecule has 0 bridgehead atoms. The minimum absolute atomic E-state index is 0.138. The van der Waals surface area contributed by atoms with E-state index in [1.54, 1.807) is 23.1 Å². The zero-order valence-corrected chi connectivity index (χ0v) is 10.7. The summed E-state index contributed by atoms with van der Waals surface area (Å²) in [5, 5.41) is 4.48. The lowest BCUT2D eigenvalue weighted by Crippen LogP contribution is -2.16.